The zero-order valence-corrected chi connectivity index (χ0v) is 18.4. The fourth-order valence-corrected chi connectivity index (χ4v) is 4.80. The number of hydrogen-bond donors (Lipinski definition) is 1. The Morgan fingerprint density at radius 1 is 1.00 bits per heavy atom. The molecule has 33 heavy (non-hydrogen) atoms. The summed E-state index contributed by atoms with van der Waals surface area (Å²) in [6.45, 7) is 3.21. The lowest BCUT2D eigenvalue weighted by Gasteiger charge is -2.08. The number of aromatic nitrogens is 5. The maximum absolute atomic E-state index is 13.0. The predicted octanol–water partition coefficient (Wildman–Crippen LogP) is 3.95. The van der Waals surface area contributed by atoms with Gasteiger partial charge in [0.15, 0.2) is 0 Å². The molecule has 1 N–H and O–H groups in total. The first-order valence-corrected chi connectivity index (χ1v) is 11.2. The first kappa shape index (κ1) is 22.5. The molecular weight excluding hydrogens is 457 g/mol. The van der Waals surface area contributed by atoms with Crippen molar-refractivity contribution in [1.82, 2.24) is 24.5 Å². The summed E-state index contributed by atoms with van der Waals surface area (Å²) in [7, 11) is -4.07. The average molecular weight is 476 g/mol. The van der Waals surface area contributed by atoms with Crippen molar-refractivity contribution >= 4 is 16.0 Å². The van der Waals surface area contributed by atoms with Gasteiger partial charge >= 0.3 is 6.18 Å². The Balaban J connectivity index is 1.56. The maximum atomic E-state index is 13.0. The van der Waals surface area contributed by atoms with Crippen LogP contribution in [0, 0.1) is 13.8 Å². The van der Waals surface area contributed by atoms with Crippen LogP contribution in [0.4, 0.5) is 19.1 Å². The van der Waals surface area contributed by atoms with Crippen molar-refractivity contribution in [3.63, 3.8) is 0 Å². The molecule has 2 aromatic carbocycles. The molecule has 0 aliphatic carbocycles. The van der Waals surface area contributed by atoms with Crippen LogP contribution in [0.5, 0.6) is 0 Å². The summed E-state index contributed by atoms with van der Waals surface area (Å²) in [6.07, 6.45) is -3.22. The first-order valence-electron chi connectivity index (χ1n) is 9.74. The number of sulfonamides is 1. The van der Waals surface area contributed by atoms with Crippen LogP contribution < -0.4 is 4.72 Å². The molecule has 4 aromatic rings. The van der Waals surface area contributed by atoms with Gasteiger partial charge in [-0.3, -0.25) is 0 Å². The SMILES string of the molecule is Cc1nn(-c2ccccc2)c(C)c1S(=O)(=O)Nc1ncn(Cc2cccc(C(F)(F)F)c2)n1. The second-order valence-corrected chi connectivity index (χ2v) is 8.94. The molecule has 4 rings (SSSR count). The molecule has 12 heteroatoms. The number of nitrogens with zero attached hydrogens (tertiary/aromatic N) is 5. The van der Waals surface area contributed by atoms with E-state index in [0.29, 0.717) is 22.6 Å². The van der Waals surface area contributed by atoms with Crippen LogP contribution in [-0.4, -0.2) is 33.0 Å². The standard InChI is InChI=1S/C21H19F3N6O2S/c1-14-19(15(2)30(26-14)18-9-4-3-5-10-18)33(31,32)28-20-25-13-29(27-20)12-16-7-6-8-17(11-16)21(22,23)24/h3-11,13H,12H2,1-2H3,(H,27,28). The summed E-state index contributed by atoms with van der Waals surface area (Å²) >= 11 is 0. The Labute approximate surface area is 187 Å². The molecule has 0 fully saturated rings. The highest BCUT2D eigenvalue weighted by atomic mass is 32.2. The van der Waals surface area contributed by atoms with E-state index in [4.69, 9.17) is 0 Å². The average Bonchev–Trinajstić information content (AvgIpc) is 3.31. The van der Waals surface area contributed by atoms with Crippen LogP contribution in [0.25, 0.3) is 5.69 Å². The summed E-state index contributed by atoms with van der Waals surface area (Å²) < 4.78 is 69.9. The second kappa shape index (κ2) is 8.35. The number of aryl methyl sites for hydroxylation is 1. The number of para-hydroxylation sites is 1. The molecule has 0 bridgehead atoms. The molecule has 0 spiro atoms. The zero-order valence-electron chi connectivity index (χ0n) is 17.6. The van der Waals surface area contributed by atoms with Gasteiger partial charge in [0.2, 0.25) is 0 Å². The van der Waals surface area contributed by atoms with Gasteiger partial charge in [-0.25, -0.2) is 22.5 Å². The van der Waals surface area contributed by atoms with Crippen LogP contribution >= 0.6 is 0 Å². The predicted molar refractivity (Wildman–Crippen MR) is 114 cm³/mol. The van der Waals surface area contributed by atoms with Crippen molar-refractivity contribution < 1.29 is 21.6 Å². The Bertz CT molecular complexity index is 1400. The lowest BCUT2D eigenvalue weighted by molar-refractivity contribution is -0.137. The van der Waals surface area contributed by atoms with E-state index in [2.05, 4.69) is 19.9 Å². The molecule has 8 nitrogen and oxygen atoms in total. The van der Waals surface area contributed by atoms with Crippen LogP contribution in [-0.2, 0) is 22.7 Å². The molecule has 0 saturated carbocycles. The highest BCUT2D eigenvalue weighted by molar-refractivity contribution is 7.92. The Morgan fingerprint density at radius 2 is 1.73 bits per heavy atom. The second-order valence-electron chi connectivity index (χ2n) is 7.32. The van der Waals surface area contributed by atoms with E-state index in [9.17, 15) is 21.6 Å². The van der Waals surface area contributed by atoms with Crippen molar-refractivity contribution in [2.24, 2.45) is 0 Å². The number of halogens is 3. The minimum Gasteiger partial charge on any atom is -0.246 e. The zero-order chi connectivity index (χ0) is 23.8. The molecule has 2 heterocycles. The Hall–Kier alpha value is -3.67. The van der Waals surface area contributed by atoms with Gasteiger partial charge < -0.3 is 0 Å². The van der Waals surface area contributed by atoms with Crippen molar-refractivity contribution in [3.05, 3.63) is 83.4 Å². The van der Waals surface area contributed by atoms with E-state index in [1.165, 1.54) is 27.8 Å². The van der Waals surface area contributed by atoms with E-state index >= 15 is 0 Å². The molecule has 0 aliphatic rings. The van der Waals surface area contributed by atoms with Crippen molar-refractivity contribution in [2.45, 2.75) is 31.5 Å². The minimum atomic E-state index is -4.46. The highest BCUT2D eigenvalue weighted by Crippen LogP contribution is 2.29. The summed E-state index contributed by atoms with van der Waals surface area (Å²) in [6, 6.07) is 13.9. The van der Waals surface area contributed by atoms with Gasteiger partial charge in [0, 0.05) is 0 Å². The van der Waals surface area contributed by atoms with Gasteiger partial charge in [0.05, 0.1) is 29.2 Å². The topological polar surface area (TPSA) is 94.7 Å². The van der Waals surface area contributed by atoms with Gasteiger partial charge in [0.1, 0.15) is 11.2 Å². The minimum absolute atomic E-state index is 0.000538. The lowest BCUT2D eigenvalue weighted by Crippen LogP contribution is -2.16. The van der Waals surface area contributed by atoms with Crippen LogP contribution in [0.1, 0.15) is 22.5 Å². The van der Waals surface area contributed by atoms with Crippen LogP contribution in [0.3, 0.4) is 0 Å². The monoisotopic (exact) mass is 476 g/mol. The number of hydrogen-bond acceptors (Lipinski definition) is 5. The molecule has 172 valence electrons. The fourth-order valence-electron chi connectivity index (χ4n) is 3.46. The number of anilines is 1. The summed E-state index contributed by atoms with van der Waals surface area (Å²) in [5, 5.41) is 8.38. The van der Waals surface area contributed by atoms with E-state index < -0.39 is 21.8 Å². The molecule has 2 aromatic heterocycles. The fraction of sp³-hybridized carbons (Fsp3) is 0.190. The first-order chi connectivity index (χ1) is 15.5. The molecule has 0 aliphatic heterocycles. The van der Waals surface area contributed by atoms with Gasteiger partial charge in [-0.1, -0.05) is 30.3 Å². The smallest absolute Gasteiger partial charge is 0.246 e. The molecule has 0 unspecified atom stereocenters. The van der Waals surface area contributed by atoms with Gasteiger partial charge in [-0.15, -0.1) is 5.10 Å². The van der Waals surface area contributed by atoms with E-state index in [1.807, 2.05) is 18.2 Å². The number of rotatable bonds is 6. The van der Waals surface area contributed by atoms with Gasteiger partial charge in [0.25, 0.3) is 16.0 Å². The molecular formula is C21H19F3N6O2S. The van der Waals surface area contributed by atoms with Crippen molar-refractivity contribution in [3.8, 4) is 5.69 Å². The largest absolute Gasteiger partial charge is 0.416 e. The lowest BCUT2D eigenvalue weighted by atomic mass is 10.1. The van der Waals surface area contributed by atoms with Gasteiger partial charge in [-0.2, -0.15) is 23.3 Å². The Morgan fingerprint density at radius 3 is 2.42 bits per heavy atom. The maximum Gasteiger partial charge on any atom is 0.416 e. The van der Waals surface area contributed by atoms with Crippen LogP contribution in [0.15, 0.2) is 65.8 Å². The van der Waals surface area contributed by atoms with E-state index in [0.717, 1.165) is 12.1 Å². The highest BCUT2D eigenvalue weighted by Gasteiger charge is 2.30. The van der Waals surface area contributed by atoms with Gasteiger partial charge in [-0.05, 0) is 43.7 Å². The molecule has 0 saturated heterocycles. The third kappa shape index (κ3) is 4.75. The number of nitrogens with one attached hydrogen (secondary N) is 1. The summed E-state index contributed by atoms with van der Waals surface area (Å²) in [5.41, 5.74) is 0.993. The summed E-state index contributed by atoms with van der Waals surface area (Å²) in [5.74, 6) is -0.201. The normalized spacial score (nSPS) is 12.2. The van der Waals surface area contributed by atoms with E-state index in [1.54, 1.807) is 26.0 Å². The van der Waals surface area contributed by atoms with Crippen LogP contribution in [0.2, 0.25) is 0 Å². The quantitative estimate of drug-likeness (QED) is 0.455. The third-order valence-corrected chi connectivity index (χ3v) is 6.44. The number of benzene rings is 2. The molecule has 0 amide bonds. The Kier molecular flexibility index (Phi) is 5.70. The molecule has 0 radical (unpaired) electrons. The van der Waals surface area contributed by atoms with Crippen molar-refractivity contribution in [2.75, 3.05) is 4.72 Å². The third-order valence-electron chi connectivity index (χ3n) is 4.86. The van der Waals surface area contributed by atoms with E-state index in [-0.39, 0.29) is 17.4 Å². The summed E-state index contributed by atoms with van der Waals surface area (Å²) in [4.78, 5) is 3.93. The number of alkyl halides is 3. The van der Waals surface area contributed by atoms with Crippen molar-refractivity contribution in [1.29, 1.82) is 0 Å². The molecule has 0 atom stereocenters.